The van der Waals surface area contributed by atoms with E-state index in [1.807, 2.05) is 12.1 Å². The van der Waals surface area contributed by atoms with Crippen LogP contribution in [0, 0.1) is 0 Å². The summed E-state index contributed by atoms with van der Waals surface area (Å²) in [5.41, 5.74) is 5.69. The normalized spacial score (nSPS) is 10.9. The van der Waals surface area contributed by atoms with Crippen LogP contribution in [0.4, 0.5) is 0 Å². The minimum Gasteiger partial charge on any atom is -0.504 e. The summed E-state index contributed by atoms with van der Waals surface area (Å²) in [6.07, 6.45) is 2.45. The number of nitrogens with one attached hydrogen (secondary N) is 1. The third-order valence-electron chi connectivity index (χ3n) is 3.93. The summed E-state index contributed by atoms with van der Waals surface area (Å²) in [5.74, 6) is -0.00570. The van der Waals surface area contributed by atoms with Gasteiger partial charge in [0.2, 0.25) is 0 Å². The Labute approximate surface area is 161 Å². The Bertz CT molecular complexity index is 965. The van der Waals surface area contributed by atoms with Crippen molar-refractivity contribution in [3.05, 3.63) is 64.7 Å². The minimum absolute atomic E-state index is 0.0423. The van der Waals surface area contributed by atoms with Crippen molar-refractivity contribution >= 4 is 23.5 Å². The number of hydrogen-bond donors (Lipinski definition) is 2. The topological polar surface area (TPSA) is 83.8 Å². The number of ether oxygens (including phenoxy) is 1. The fourth-order valence-electron chi connectivity index (χ4n) is 2.39. The highest BCUT2D eigenvalue weighted by molar-refractivity contribution is 7.13. The van der Waals surface area contributed by atoms with E-state index < -0.39 is 0 Å². The summed E-state index contributed by atoms with van der Waals surface area (Å²) >= 11 is 1.41. The highest BCUT2D eigenvalue weighted by atomic mass is 32.1. The first-order valence-electron chi connectivity index (χ1n) is 8.36. The van der Waals surface area contributed by atoms with Crippen LogP contribution in [0.25, 0.3) is 10.6 Å². The average Bonchev–Trinajstić information content (AvgIpc) is 3.19. The van der Waals surface area contributed by atoms with Crippen molar-refractivity contribution in [3.8, 4) is 22.1 Å². The van der Waals surface area contributed by atoms with Gasteiger partial charge in [-0.1, -0.05) is 31.2 Å². The van der Waals surface area contributed by atoms with Crippen LogP contribution >= 0.6 is 11.3 Å². The molecular weight excluding hydrogens is 362 g/mol. The Morgan fingerprint density at radius 1 is 1.30 bits per heavy atom. The number of phenolic OH excluding ortho intramolecular Hbond substituents is 1. The predicted molar refractivity (Wildman–Crippen MR) is 107 cm³/mol. The zero-order valence-electron chi connectivity index (χ0n) is 15.0. The van der Waals surface area contributed by atoms with E-state index in [0.29, 0.717) is 17.0 Å². The number of aromatic nitrogens is 1. The van der Waals surface area contributed by atoms with Gasteiger partial charge in [-0.2, -0.15) is 5.10 Å². The van der Waals surface area contributed by atoms with Gasteiger partial charge in [0, 0.05) is 10.9 Å². The monoisotopic (exact) mass is 381 g/mol. The molecule has 1 heterocycles. The standard InChI is InChI=1S/C20H19N3O3S/c1-3-13-4-7-15(8-5-13)20-22-16(12-27-20)19(25)23-21-11-14-6-9-17(24)18(10-14)26-2/h4-12,24H,3H2,1-2H3,(H,23,25)/b21-11+. The number of phenols is 1. The van der Waals surface area contributed by atoms with Crippen LogP contribution in [-0.2, 0) is 6.42 Å². The van der Waals surface area contributed by atoms with E-state index in [1.54, 1.807) is 17.5 Å². The molecule has 0 unspecified atom stereocenters. The molecule has 27 heavy (non-hydrogen) atoms. The van der Waals surface area contributed by atoms with Gasteiger partial charge in [-0.05, 0) is 35.7 Å². The van der Waals surface area contributed by atoms with Gasteiger partial charge in [0.25, 0.3) is 5.91 Å². The van der Waals surface area contributed by atoms with E-state index in [4.69, 9.17) is 4.74 Å². The quantitative estimate of drug-likeness (QED) is 0.502. The number of methoxy groups -OCH3 is 1. The van der Waals surface area contributed by atoms with Crippen LogP contribution < -0.4 is 10.2 Å². The molecule has 0 fully saturated rings. The highest BCUT2D eigenvalue weighted by Gasteiger charge is 2.11. The molecule has 0 saturated heterocycles. The maximum atomic E-state index is 12.2. The number of hydrogen-bond acceptors (Lipinski definition) is 6. The second-order valence-corrected chi connectivity index (χ2v) is 6.58. The molecule has 1 aromatic heterocycles. The van der Waals surface area contributed by atoms with Gasteiger partial charge in [-0.3, -0.25) is 4.79 Å². The van der Waals surface area contributed by atoms with Gasteiger partial charge in [0.05, 0.1) is 13.3 Å². The fraction of sp³-hybridized carbons (Fsp3) is 0.150. The molecule has 0 radical (unpaired) electrons. The minimum atomic E-state index is -0.385. The maximum Gasteiger partial charge on any atom is 0.290 e. The molecule has 0 aliphatic heterocycles. The smallest absolute Gasteiger partial charge is 0.290 e. The average molecular weight is 381 g/mol. The van der Waals surface area contributed by atoms with Crippen LogP contribution in [0.2, 0.25) is 0 Å². The summed E-state index contributed by atoms with van der Waals surface area (Å²) in [4.78, 5) is 16.6. The van der Waals surface area contributed by atoms with Crippen molar-refractivity contribution in [1.29, 1.82) is 0 Å². The number of aryl methyl sites for hydroxylation is 1. The van der Waals surface area contributed by atoms with E-state index >= 15 is 0 Å². The van der Waals surface area contributed by atoms with Gasteiger partial charge in [0.1, 0.15) is 10.7 Å². The molecule has 3 aromatic rings. The first-order chi connectivity index (χ1) is 13.1. The summed E-state index contributed by atoms with van der Waals surface area (Å²) in [7, 11) is 1.47. The van der Waals surface area contributed by atoms with Gasteiger partial charge in [-0.25, -0.2) is 10.4 Å². The number of rotatable bonds is 6. The van der Waals surface area contributed by atoms with Crippen LogP contribution in [0.3, 0.4) is 0 Å². The van der Waals surface area contributed by atoms with E-state index in [-0.39, 0.29) is 11.7 Å². The molecule has 0 atom stereocenters. The first kappa shape index (κ1) is 18.6. The Balaban J connectivity index is 1.65. The fourth-order valence-corrected chi connectivity index (χ4v) is 3.20. The van der Waals surface area contributed by atoms with Crippen LogP contribution in [0.15, 0.2) is 52.9 Å². The van der Waals surface area contributed by atoms with Crippen molar-refractivity contribution in [1.82, 2.24) is 10.4 Å². The largest absolute Gasteiger partial charge is 0.504 e. The maximum absolute atomic E-state index is 12.2. The van der Waals surface area contributed by atoms with E-state index in [9.17, 15) is 9.90 Å². The number of aromatic hydroxyl groups is 1. The Hall–Kier alpha value is -3.19. The number of carbonyl (C=O) groups excluding carboxylic acids is 1. The van der Waals surface area contributed by atoms with Crippen LogP contribution in [-0.4, -0.2) is 29.3 Å². The molecule has 0 aliphatic rings. The molecule has 7 heteroatoms. The molecule has 138 valence electrons. The molecule has 2 aromatic carbocycles. The van der Waals surface area contributed by atoms with Crippen LogP contribution in [0.1, 0.15) is 28.5 Å². The molecule has 3 rings (SSSR count). The van der Waals surface area contributed by atoms with Crippen molar-refractivity contribution in [2.75, 3.05) is 7.11 Å². The second kappa shape index (κ2) is 8.46. The molecular formula is C20H19N3O3S. The number of carbonyl (C=O) groups is 1. The molecule has 0 saturated carbocycles. The lowest BCUT2D eigenvalue weighted by Gasteiger charge is -2.03. The predicted octanol–water partition coefficient (Wildman–Crippen LogP) is 3.85. The Morgan fingerprint density at radius 2 is 2.07 bits per heavy atom. The lowest BCUT2D eigenvalue weighted by atomic mass is 10.1. The van der Waals surface area contributed by atoms with Crippen molar-refractivity contribution in [3.63, 3.8) is 0 Å². The molecule has 1 amide bonds. The first-order valence-corrected chi connectivity index (χ1v) is 9.24. The zero-order valence-corrected chi connectivity index (χ0v) is 15.8. The molecule has 6 nitrogen and oxygen atoms in total. The molecule has 0 aliphatic carbocycles. The van der Waals surface area contributed by atoms with Crippen LogP contribution in [0.5, 0.6) is 11.5 Å². The summed E-state index contributed by atoms with van der Waals surface area (Å²) in [5, 5.41) is 16.0. The second-order valence-electron chi connectivity index (χ2n) is 5.72. The number of amides is 1. The van der Waals surface area contributed by atoms with Crippen molar-refractivity contribution in [2.45, 2.75) is 13.3 Å². The zero-order chi connectivity index (χ0) is 19.2. The van der Waals surface area contributed by atoms with E-state index in [1.165, 1.54) is 36.3 Å². The summed E-state index contributed by atoms with van der Waals surface area (Å²) in [6.45, 7) is 2.11. The molecule has 0 bridgehead atoms. The molecule has 2 N–H and O–H groups in total. The third-order valence-corrected chi connectivity index (χ3v) is 4.82. The van der Waals surface area contributed by atoms with Gasteiger partial charge >= 0.3 is 0 Å². The Kier molecular flexibility index (Phi) is 5.83. The highest BCUT2D eigenvalue weighted by Crippen LogP contribution is 2.26. The number of nitrogens with zero attached hydrogens (tertiary/aromatic N) is 2. The molecule has 0 spiro atoms. The van der Waals surface area contributed by atoms with E-state index in [0.717, 1.165) is 17.0 Å². The SMILES string of the molecule is CCc1ccc(-c2nc(C(=O)N/N=C/c3ccc(O)c(OC)c3)cs2)cc1. The summed E-state index contributed by atoms with van der Waals surface area (Å²) < 4.78 is 5.03. The number of benzene rings is 2. The number of hydrazone groups is 1. The lowest BCUT2D eigenvalue weighted by molar-refractivity contribution is 0.0951. The van der Waals surface area contributed by atoms with E-state index in [2.05, 4.69) is 34.6 Å². The Morgan fingerprint density at radius 3 is 2.78 bits per heavy atom. The van der Waals surface area contributed by atoms with Gasteiger partial charge in [0.15, 0.2) is 11.5 Å². The lowest BCUT2D eigenvalue weighted by Crippen LogP contribution is -2.17. The van der Waals surface area contributed by atoms with Gasteiger partial charge in [-0.15, -0.1) is 11.3 Å². The summed E-state index contributed by atoms with van der Waals surface area (Å²) in [6, 6.07) is 12.9. The third kappa shape index (κ3) is 4.51. The van der Waals surface area contributed by atoms with Gasteiger partial charge < -0.3 is 9.84 Å². The number of thiazole rings is 1. The van der Waals surface area contributed by atoms with Crippen molar-refractivity contribution in [2.24, 2.45) is 5.10 Å². The van der Waals surface area contributed by atoms with Crippen molar-refractivity contribution < 1.29 is 14.6 Å².